The maximum atomic E-state index is 11.9. The lowest BCUT2D eigenvalue weighted by molar-refractivity contribution is -0.144. The summed E-state index contributed by atoms with van der Waals surface area (Å²) in [5.41, 5.74) is 0. The molecular weight excluding hydrogens is 236 g/mol. The highest BCUT2D eigenvalue weighted by Crippen LogP contribution is 2.05. The van der Waals surface area contributed by atoms with E-state index in [0.717, 1.165) is 0 Å². The molecule has 0 rings (SSSR count). The maximum Gasteiger partial charge on any atom is 0.328 e. The molecule has 6 nitrogen and oxygen atoms in total. The topological polar surface area (TPSA) is 84.5 Å². The lowest BCUT2D eigenvalue weighted by Crippen LogP contribution is -2.51. The number of carbonyl (C=O) groups is 3. The monoisotopic (exact) mass is 258 g/mol. The number of nitrogens with one attached hydrogen (secondary N) is 2. The fourth-order valence-corrected chi connectivity index (χ4v) is 1.50. The Kier molecular flexibility index (Phi) is 7.00. The molecule has 0 aliphatic rings. The second kappa shape index (κ2) is 7.68. The molecule has 0 radical (unpaired) electrons. The van der Waals surface area contributed by atoms with E-state index >= 15 is 0 Å². The van der Waals surface area contributed by atoms with Crippen LogP contribution in [0.25, 0.3) is 0 Å². The van der Waals surface area contributed by atoms with Gasteiger partial charge in [-0.3, -0.25) is 9.59 Å². The molecule has 0 spiro atoms. The first kappa shape index (κ1) is 16.4. The molecule has 2 atom stereocenters. The highest BCUT2D eigenvalue weighted by molar-refractivity contribution is 5.90. The van der Waals surface area contributed by atoms with Crippen molar-refractivity contribution >= 4 is 17.8 Å². The van der Waals surface area contributed by atoms with E-state index in [-0.39, 0.29) is 17.7 Å². The first-order valence-corrected chi connectivity index (χ1v) is 5.93. The minimum Gasteiger partial charge on any atom is -0.467 e. The summed E-state index contributed by atoms with van der Waals surface area (Å²) in [6.07, 6.45) is 0.513. The van der Waals surface area contributed by atoms with Crippen molar-refractivity contribution < 1.29 is 19.1 Å². The summed E-state index contributed by atoms with van der Waals surface area (Å²) in [5.74, 6) is -0.922. The summed E-state index contributed by atoms with van der Waals surface area (Å²) >= 11 is 0. The smallest absolute Gasteiger partial charge is 0.328 e. The summed E-state index contributed by atoms with van der Waals surface area (Å²) in [4.78, 5) is 34.1. The SMILES string of the molecule is COC(=O)[C@@H](C)NC(=O)[C@H](CC(C)C)NC(C)=O. The van der Waals surface area contributed by atoms with Crippen LogP contribution < -0.4 is 10.6 Å². The van der Waals surface area contributed by atoms with E-state index < -0.39 is 18.1 Å². The van der Waals surface area contributed by atoms with Gasteiger partial charge in [0.05, 0.1) is 7.11 Å². The van der Waals surface area contributed by atoms with Gasteiger partial charge in [0.1, 0.15) is 12.1 Å². The van der Waals surface area contributed by atoms with Gasteiger partial charge in [-0.05, 0) is 19.3 Å². The van der Waals surface area contributed by atoms with E-state index in [4.69, 9.17) is 0 Å². The van der Waals surface area contributed by atoms with Gasteiger partial charge in [0.25, 0.3) is 0 Å². The standard InChI is InChI=1S/C12H22N2O4/c1-7(2)6-10(14-9(4)15)11(16)13-8(3)12(17)18-5/h7-8,10H,6H2,1-5H3,(H,13,16)(H,14,15)/t8-,10+/m1/s1. The summed E-state index contributed by atoms with van der Waals surface area (Å²) in [6.45, 7) is 6.78. The number of carbonyl (C=O) groups excluding carboxylic acids is 3. The van der Waals surface area contributed by atoms with Crippen molar-refractivity contribution in [1.29, 1.82) is 0 Å². The van der Waals surface area contributed by atoms with Crippen LogP contribution in [0.4, 0.5) is 0 Å². The number of ether oxygens (including phenoxy) is 1. The van der Waals surface area contributed by atoms with Gasteiger partial charge in [0, 0.05) is 6.92 Å². The van der Waals surface area contributed by atoms with Crippen LogP contribution in [0, 0.1) is 5.92 Å². The van der Waals surface area contributed by atoms with Crippen molar-refractivity contribution in [2.45, 2.75) is 46.2 Å². The molecule has 0 heterocycles. The third kappa shape index (κ3) is 6.22. The molecule has 0 aromatic carbocycles. The largest absolute Gasteiger partial charge is 0.467 e. The minimum atomic E-state index is -0.731. The zero-order valence-corrected chi connectivity index (χ0v) is 11.6. The molecule has 2 N–H and O–H groups in total. The van der Waals surface area contributed by atoms with Crippen LogP contribution in [0.15, 0.2) is 0 Å². The van der Waals surface area contributed by atoms with E-state index in [9.17, 15) is 14.4 Å². The van der Waals surface area contributed by atoms with E-state index in [1.54, 1.807) is 0 Å². The van der Waals surface area contributed by atoms with Crippen LogP contribution >= 0.6 is 0 Å². The third-order valence-corrected chi connectivity index (χ3v) is 2.31. The Balaban J connectivity index is 4.54. The van der Waals surface area contributed by atoms with Crippen molar-refractivity contribution in [2.75, 3.05) is 7.11 Å². The van der Waals surface area contributed by atoms with Gasteiger partial charge in [-0.25, -0.2) is 4.79 Å². The van der Waals surface area contributed by atoms with Gasteiger partial charge in [0.15, 0.2) is 0 Å². The Morgan fingerprint density at radius 1 is 1.11 bits per heavy atom. The zero-order valence-electron chi connectivity index (χ0n) is 11.6. The average molecular weight is 258 g/mol. The number of methoxy groups -OCH3 is 1. The Labute approximate surface area is 107 Å². The van der Waals surface area contributed by atoms with Gasteiger partial charge in [-0.2, -0.15) is 0 Å². The number of hydrogen-bond acceptors (Lipinski definition) is 4. The summed E-state index contributed by atoms with van der Waals surface area (Å²) < 4.78 is 4.51. The van der Waals surface area contributed by atoms with E-state index in [1.165, 1.54) is 21.0 Å². The summed E-state index contributed by atoms with van der Waals surface area (Å²) in [5, 5.41) is 5.08. The van der Waals surface area contributed by atoms with Gasteiger partial charge in [0.2, 0.25) is 11.8 Å². The molecule has 0 saturated heterocycles. The average Bonchev–Trinajstić information content (AvgIpc) is 2.25. The molecule has 0 fully saturated rings. The lowest BCUT2D eigenvalue weighted by atomic mass is 10.0. The van der Waals surface area contributed by atoms with Gasteiger partial charge in [-0.15, -0.1) is 0 Å². The van der Waals surface area contributed by atoms with Crippen LogP contribution in [0.3, 0.4) is 0 Å². The number of esters is 1. The summed E-state index contributed by atoms with van der Waals surface area (Å²) in [7, 11) is 1.25. The molecule has 0 aliphatic carbocycles. The normalized spacial score (nSPS) is 13.7. The predicted molar refractivity (Wildman–Crippen MR) is 66.7 cm³/mol. The molecule has 6 heteroatoms. The predicted octanol–water partition coefficient (Wildman–Crippen LogP) is 0.215. The Morgan fingerprint density at radius 3 is 2.06 bits per heavy atom. The van der Waals surface area contributed by atoms with Crippen molar-refractivity contribution in [3.8, 4) is 0 Å². The van der Waals surface area contributed by atoms with Crippen LogP contribution in [0.5, 0.6) is 0 Å². The molecule has 0 unspecified atom stereocenters. The minimum absolute atomic E-state index is 0.251. The number of rotatable bonds is 6. The van der Waals surface area contributed by atoms with Gasteiger partial charge < -0.3 is 15.4 Å². The highest BCUT2D eigenvalue weighted by Gasteiger charge is 2.24. The van der Waals surface area contributed by atoms with Crippen molar-refractivity contribution in [3.63, 3.8) is 0 Å². The summed E-state index contributed by atoms with van der Waals surface area (Å²) in [6, 6.07) is -1.36. The first-order chi connectivity index (χ1) is 8.27. The van der Waals surface area contributed by atoms with Gasteiger partial charge in [-0.1, -0.05) is 13.8 Å². The third-order valence-electron chi connectivity index (χ3n) is 2.31. The van der Waals surface area contributed by atoms with Crippen LogP contribution in [-0.4, -0.2) is 37.0 Å². The zero-order chi connectivity index (χ0) is 14.3. The second-order valence-corrected chi connectivity index (χ2v) is 4.64. The van der Waals surface area contributed by atoms with Crippen LogP contribution in [-0.2, 0) is 19.1 Å². The molecule has 0 bridgehead atoms. The van der Waals surface area contributed by atoms with Crippen LogP contribution in [0.1, 0.15) is 34.1 Å². The number of amides is 2. The van der Waals surface area contributed by atoms with E-state index in [0.29, 0.717) is 6.42 Å². The fraction of sp³-hybridized carbons (Fsp3) is 0.750. The van der Waals surface area contributed by atoms with E-state index in [2.05, 4.69) is 15.4 Å². The lowest BCUT2D eigenvalue weighted by Gasteiger charge is -2.21. The molecule has 0 aliphatic heterocycles. The molecule has 0 aromatic heterocycles. The fourth-order valence-electron chi connectivity index (χ4n) is 1.50. The molecular formula is C12H22N2O4. The molecule has 0 aromatic rings. The van der Waals surface area contributed by atoms with Crippen molar-refractivity contribution in [3.05, 3.63) is 0 Å². The van der Waals surface area contributed by atoms with Gasteiger partial charge >= 0.3 is 5.97 Å². The molecule has 104 valence electrons. The Bertz CT molecular complexity index is 315. The molecule has 2 amide bonds. The number of hydrogen-bond donors (Lipinski definition) is 2. The second-order valence-electron chi connectivity index (χ2n) is 4.64. The molecule has 18 heavy (non-hydrogen) atoms. The van der Waals surface area contributed by atoms with E-state index in [1.807, 2.05) is 13.8 Å². The maximum absolute atomic E-state index is 11.9. The highest BCUT2D eigenvalue weighted by atomic mass is 16.5. The first-order valence-electron chi connectivity index (χ1n) is 5.93. The van der Waals surface area contributed by atoms with Crippen molar-refractivity contribution in [2.24, 2.45) is 5.92 Å². The quantitative estimate of drug-likeness (QED) is 0.667. The molecule has 0 saturated carbocycles. The van der Waals surface area contributed by atoms with Crippen LogP contribution in [0.2, 0.25) is 0 Å². The Morgan fingerprint density at radius 2 is 1.67 bits per heavy atom. The Hall–Kier alpha value is -1.59. The van der Waals surface area contributed by atoms with Crippen molar-refractivity contribution in [1.82, 2.24) is 10.6 Å².